The molecule has 0 amide bonds. The van der Waals surface area contributed by atoms with Gasteiger partial charge in [0.1, 0.15) is 11.3 Å². The van der Waals surface area contributed by atoms with E-state index in [1.165, 1.54) is 15.2 Å². The maximum atomic E-state index is 12.9. The normalized spacial score (nSPS) is 12.3. The molecule has 0 aliphatic heterocycles. The predicted molar refractivity (Wildman–Crippen MR) is 127 cm³/mol. The van der Waals surface area contributed by atoms with E-state index in [1.54, 1.807) is 35.3 Å². The molecule has 0 unspecified atom stereocenters. The van der Waals surface area contributed by atoms with Gasteiger partial charge in [0.2, 0.25) is 0 Å². The van der Waals surface area contributed by atoms with E-state index in [1.807, 2.05) is 13.8 Å². The fraction of sp³-hybridized carbons (Fsp3) is 0.333. The van der Waals surface area contributed by atoms with Crippen LogP contribution in [-0.2, 0) is 25.8 Å². The summed E-state index contributed by atoms with van der Waals surface area (Å²) in [6.07, 6.45) is 3.54. The summed E-state index contributed by atoms with van der Waals surface area (Å²) in [7, 11) is 0. The van der Waals surface area contributed by atoms with Crippen molar-refractivity contribution in [1.82, 2.24) is 28.9 Å². The maximum Gasteiger partial charge on any atom is 0.416 e. The van der Waals surface area contributed by atoms with Crippen LogP contribution >= 0.6 is 0 Å². The molecular weight excluding hydrogens is 461 g/mol. The average molecular weight is 486 g/mol. The van der Waals surface area contributed by atoms with Crippen molar-refractivity contribution in [2.75, 3.05) is 0 Å². The molecule has 1 N–H and O–H groups in total. The number of nitrogens with zero attached hydrogens (tertiary/aromatic N) is 5. The highest BCUT2D eigenvalue weighted by molar-refractivity contribution is 5.75. The van der Waals surface area contributed by atoms with Crippen LogP contribution in [0.15, 0.2) is 52.3 Å². The molecule has 4 rings (SSSR count). The van der Waals surface area contributed by atoms with Crippen molar-refractivity contribution in [2.24, 2.45) is 0 Å². The van der Waals surface area contributed by atoms with Crippen molar-refractivity contribution in [2.45, 2.75) is 52.5 Å². The van der Waals surface area contributed by atoms with Gasteiger partial charge in [-0.1, -0.05) is 38.1 Å². The molecule has 11 heteroatoms. The Bertz CT molecular complexity index is 1490. The molecule has 0 radical (unpaired) electrons. The lowest BCUT2D eigenvalue weighted by Gasteiger charge is -2.09. The number of aryl methyl sites for hydroxylation is 1. The quantitative estimate of drug-likeness (QED) is 0.402. The Morgan fingerprint density at radius 2 is 1.83 bits per heavy atom. The second-order valence-corrected chi connectivity index (χ2v) is 8.15. The van der Waals surface area contributed by atoms with Crippen molar-refractivity contribution in [3.05, 3.63) is 74.7 Å². The lowest BCUT2D eigenvalue weighted by molar-refractivity contribution is -0.137. The zero-order valence-corrected chi connectivity index (χ0v) is 19.3. The number of halogens is 3. The number of H-pyrrole nitrogens is 1. The number of allylic oxidation sites excluding steroid dienone is 1. The molecule has 35 heavy (non-hydrogen) atoms. The number of hydrogen-bond donors (Lipinski definition) is 1. The molecule has 4 aromatic rings. The summed E-state index contributed by atoms with van der Waals surface area (Å²) < 4.78 is 43.0. The minimum atomic E-state index is -4.39. The van der Waals surface area contributed by atoms with E-state index < -0.39 is 17.3 Å². The second-order valence-electron chi connectivity index (χ2n) is 8.15. The number of imidazole rings is 1. The van der Waals surface area contributed by atoms with Crippen LogP contribution in [0.25, 0.3) is 28.6 Å². The first kappa shape index (κ1) is 24.2. The molecule has 0 aliphatic carbocycles. The van der Waals surface area contributed by atoms with Crippen molar-refractivity contribution in [1.29, 1.82) is 0 Å². The van der Waals surface area contributed by atoms with Crippen molar-refractivity contribution in [3.8, 4) is 11.4 Å². The Labute approximate surface area is 198 Å². The predicted octanol–water partition coefficient (Wildman–Crippen LogP) is 4.30. The fourth-order valence-corrected chi connectivity index (χ4v) is 3.85. The third-order valence-electron chi connectivity index (χ3n) is 5.48. The molecule has 8 nitrogen and oxygen atoms in total. The molecule has 0 aliphatic rings. The van der Waals surface area contributed by atoms with Crippen LogP contribution in [0.4, 0.5) is 13.2 Å². The minimum absolute atomic E-state index is 0.263. The first-order chi connectivity index (χ1) is 16.7. The SMILES string of the molecule is CCCn1c(=O)c2[nH]c(-c3cnn(CC=Cc4cccc(C(F)(F)F)c4)c3)nc2n(CCC)c1=O. The van der Waals surface area contributed by atoms with Gasteiger partial charge >= 0.3 is 11.9 Å². The molecule has 0 fully saturated rings. The lowest BCUT2D eigenvalue weighted by atomic mass is 10.1. The summed E-state index contributed by atoms with van der Waals surface area (Å²) in [6.45, 7) is 4.91. The van der Waals surface area contributed by atoms with Gasteiger partial charge in [-0.25, -0.2) is 9.78 Å². The Hall–Kier alpha value is -3.89. The van der Waals surface area contributed by atoms with Crippen LogP contribution in [0.2, 0.25) is 0 Å². The van der Waals surface area contributed by atoms with Gasteiger partial charge in [-0.05, 0) is 30.5 Å². The Morgan fingerprint density at radius 3 is 2.54 bits per heavy atom. The van der Waals surface area contributed by atoms with E-state index in [0.29, 0.717) is 55.1 Å². The number of aromatic amines is 1. The van der Waals surface area contributed by atoms with Gasteiger partial charge in [0.05, 0.1) is 23.9 Å². The zero-order chi connectivity index (χ0) is 25.2. The Kier molecular flexibility index (Phi) is 6.77. The summed E-state index contributed by atoms with van der Waals surface area (Å²) >= 11 is 0. The van der Waals surface area contributed by atoms with Gasteiger partial charge in [0.25, 0.3) is 5.56 Å². The summed E-state index contributed by atoms with van der Waals surface area (Å²) in [4.78, 5) is 33.3. The van der Waals surface area contributed by atoms with Crippen LogP contribution in [0.3, 0.4) is 0 Å². The van der Waals surface area contributed by atoms with Gasteiger partial charge in [-0.2, -0.15) is 18.3 Å². The van der Waals surface area contributed by atoms with Gasteiger partial charge < -0.3 is 4.98 Å². The summed E-state index contributed by atoms with van der Waals surface area (Å²) in [5.41, 5.74) is 0.131. The van der Waals surface area contributed by atoms with E-state index >= 15 is 0 Å². The van der Waals surface area contributed by atoms with E-state index in [9.17, 15) is 22.8 Å². The van der Waals surface area contributed by atoms with Gasteiger partial charge in [0.15, 0.2) is 5.65 Å². The molecule has 0 spiro atoms. The van der Waals surface area contributed by atoms with Gasteiger partial charge in [0, 0.05) is 19.3 Å². The zero-order valence-electron chi connectivity index (χ0n) is 19.3. The number of fused-ring (bicyclic) bond motifs is 1. The number of rotatable bonds is 8. The van der Waals surface area contributed by atoms with Crippen LogP contribution in [-0.4, -0.2) is 28.9 Å². The smallest absolute Gasteiger partial charge is 0.332 e. The highest BCUT2D eigenvalue weighted by Crippen LogP contribution is 2.29. The third kappa shape index (κ3) is 4.98. The molecule has 0 bridgehead atoms. The number of aromatic nitrogens is 6. The molecule has 0 saturated carbocycles. The fourth-order valence-electron chi connectivity index (χ4n) is 3.85. The van der Waals surface area contributed by atoms with Crippen molar-refractivity contribution >= 4 is 17.2 Å². The average Bonchev–Trinajstić information content (AvgIpc) is 3.47. The summed E-state index contributed by atoms with van der Waals surface area (Å²) in [5, 5.41) is 4.27. The summed E-state index contributed by atoms with van der Waals surface area (Å²) in [6, 6.07) is 5.07. The van der Waals surface area contributed by atoms with Crippen LogP contribution in [0.1, 0.15) is 37.8 Å². The van der Waals surface area contributed by atoms with Crippen LogP contribution in [0.5, 0.6) is 0 Å². The highest BCUT2D eigenvalue weighted by atomic mass is 19.4. The molecule has 3 heterocycles. The summed E-state index contributed by atoms with van der Waals surface area (Å²) in [5.74, 6) is 0.406. The van der Waals surface area contributed by atoms with Crippen LogP contribution in [0, 0.1) is 0 Å². The van der Waals surface area contributed by atoms with E-state index in [4.69, 9.17) is 0 Å². The molecule has 184 valence electrons. The van der Waals surface area contributed by atoms with Gasteiger partial charge in [-0.15, -0.1) is 0 Å². The maximum absolute atomic E-state index is 12.9. The second kappa shape index (κ2) is 9.77. The van der Waals surface area contributed by atoms with E-state index in [2.05, 4.69) is 15.1 Å². The first-order valence-corrected chi connectivity index (χ1v) is 11.3. The minimum Gasteiger partial charge on any atom is -0.332 e. The monoisotopic (exact) mass is 486 g/mol. The van der Waals surface area contributed by atoms with Crippen LogP contribution < -0.4 is 11.2 Å². The largest absolute Gasteiger partial charge is 0.416 e. The number of nitrogens with one attached hydrogen (secondary N) is 1. The molecule has 3 aromatic heterocycles. The molecule has 0 atom stereocenters. The lowest BCUT2D eigenvalue weighted by Crippen LogP contribution is -2.40. The van der Waals surface area contributed by atoms with Crippen molar-refractivity contribution < 1.29 is 13.2 Å². The Balaban J connectivity index is 1.60. The number of hydrogen-bond acceptors (Lipinski definition) is 4. The van der Waals surface area contributed by atoms with Crippen molar-refractivity contribution in [3.63, 3.8) is 0 Å². The third-order valence-corrected chi connectivity index (χ3v) is 5.48. The highest BCUT2D eigenvalue weighted by Gasteiger charge is 2.30. The number of benzene rings is 1. The topological polar surface area (TPSA) is 90.5 Å². The number of alkyl halides is 3. The molecule has 1 aromatic carbocycles. The first-order valence-electron chi connectivity index (χ1n) is 11.3. The van der Waals surface area contributed by atoms with E-state index in [0.717, 1.165) is 12.1 Å². The molecule has 0 saturated heterocycles. The van der Waals surface area contributed by atoms with E-state index in [-0.39, 0.29) is 11.2 Å². The van der Waals surface area contributed by atoms with Gasteiger partial charge in [-0.3, -0.25) is 18.6 Å². The molecular formula is C24H25F3N6O2. The standard InChI is InChI=1S/C24H25F3N6O2/c1-3-10-32-21-19(22(34)33(11-4-2)23(32)35)29-20(30-21)17-14-28-31(15-17)12-6-8-16-7-5-9-18(13-16)24(25,26)27/h5-9,13-15H,3-4,10-12H2,1-2H3,(H,29,30). The Morgan fingerprint density at radius 1 is 1.09 bits per heavy atom.